The summed E-state index contributed by atoms with van der Waals surface area (Å²) in [6.07, 6.45) is 0. The lowest BCUT2D eigenvalue weighted by Gasteiger charge is -2.31. The minimum Gasteiger partial charge on any atom is -0.464 e. The summed E-state index contributed by atoms with van der Waals surface area (Å²) in [5.74, 6) is 0.0890. The molecule has 1 aromatic rings. The molecule has 0 amide bonds. The highest BCUT2D eigenvalue weighted by Crippen LogP contribution is 2.15. The van der Waals surface area contributed by atoms with Gasteiger partial charge in [-0.25, -0.2) is 0 Å². The topological polar surface area (TPSA) is 86.4 Å². The third-order valence-electron chi connectivity index (χ3n) is 2.65. The molecule has 0 atom stereocenters. The molecular formula is C11H21N5O2. The number of nitrogen functional groups attached to an aromatic ring is 1. The quantitative estimate of drug-likeness (QED) is 0.795. The van der Waals surface area contributed by atoms with E-state index in [1.807, 2.05) is 21.0 Å². The first-order valence-electron chi connectivity index (χ1n) is 5.79. The van der Waals surface area contributed by atoms with Crippen LogP contribution < -0.4 is 15.2 Å². The highest BCUT2D eigenvalue weighted by atomic mass is 16.5. The fourth-order valence-corrected chi connectivity index (χ4v) is 0.981. The maximum absolute atomic E-state index is 5.56. The Bertz CT molecular complexity index is 395. The largest absolute Gasteiger partial charge is 0.464 e. The predicted molar refractivity (Wildman–Crippen MR) is 68.7 cm³/mol. The number of anilines is 1. The zero-order chi connectivity index (χ0) is 13.8. The maximum Gasteiger partial charge on any atom is 0.324 e. The van der Waals surface area contributed by atoms with Crippen LogP contribution in [0.1, 0.15) is 20.8 Å². The van der Waals surface area contributed by atoms with Gasteiger partial charge < -0.3 is 20.1 Å². The third kappa shape index (κ3) is 3.99. The molecule has 0 aromatic carbocycles. The van der Waals surface area contributed by atoms with Gasteiger partial charge in [0, 0.05) is 5.54 Å². The Kier molecular flexibility index (Phi) is 4.66. The average molecular weight is 255 g/mol. The summed E-state index contributed by atoms with van der Waals surface area (Å²) in [6, 6.07) is 0.364. The van der Waals surface area contributed by atoms with Crippen LogP contribution in [0, 0.1) is 0 Å². The van der Waals surface area contributed by atoms with Gasteiger partial charge in [0.1, 0.15) is 6.61 Å². The summed E-state index contributed by atoms with van der Waals surface area (Å²) in [6.45, 7) is 6.86. The van der Waals surface area contributed by atoms with Crippen LogP contribution in [0.25, 0.3) is 0 Å². The maximum atomic E-state index is 5.56. The summed E-state index contributed by atoms with van der Waals surface area (Å²) in [5, 5.41) is 0. The van der Waals surface area contributed by atoms with E-state index in [2.05, 4.69) is 33.7 Å². The molecule has 1 rings (SSSR count). The highest BCUT2D eigenvalue weighted by molar-refractivity contribution is 5.20. The Morgan fingerprint density at radius 3 is 2.17 bits per heavy atom. The van der Waals surface area contributed by atoms with Crippen molar-refractivity contribution in [1.82, 2.24) is 19.9 Å². The van der Waals surface area contributed by atoms with E-state index in [1.54, 1.807) is 0 Å². The summed E-state index contributed by atoms with van der Waals surface area (Å²) >= 11 is 0. The molecule has 2 N–H and O–H groups in total. The molecule has 1 aromatic heterocycles. The lowest BCUT2D eigenvalue weighted by Crippen LogP contribution is -2.43. The molecule has 0 aliphatic rings. The lowest BCUT2D eigenvalue weighted by molar-refractivity contribution is 0.107. The van der Waals surface area contributed by atoms with E-state index in [9.17, 15) is 0 Å². The smallest absolute Gasteiger partial charge is 0.324 e. The molecule has 18 heavy (non-hydrogen) atoms. The average Bonchev–Trinajstić information content (AvgIpc) is 2.26. The number of nitrogens with zero attached hydrogens (tertiary/aromatic N) is 4. The van der Waals surface area contributed by atoms with Crippen LogP contribution in [0.2, 0.25) is 0 Å². The number of ether oxygens (including phenoxy) is 2. The van der Waals surface area contributed by atoms with Crippen molar-refractivity contribution in [3.8, 4) is 12.0 Å². The van der Waals surface area contributed by atoms with Gasteiger partial charge in [0.15, 0.2) is 0 Å². The van der Waals surface area contributed by atoms with Crippen molar-refractivity contribution in [1.29, 1.82) is 0 Å². The van der Waals surface area contributed by atoms with E-state index in [0.717, 1.165) is 0 Å². The first-order valence-corrected chi connectivity index (χ1v) is 5.79. The van der Waals surface area contributed by atoms with Gasteiger partial charge in [-0.15, -0.1) is 4.98 Å². The summed E-state index contributed by atoms with van der Waals surface area (Å²) in [7, 11) is 3.97. The number of aromatic nitrogens is 3. The molecule has 7 heteroatoms. The second-order valence-corrected chi connectivity index (χ2v) is 4.69. The third-order valence-corrected chi connectivity index (χ3v) is 2.65. The monoisotopic (exact) mass is 255 g/mol. The minimum atomic E-state index is -0.132. The lowest BCUT2D eigenvalue weighted by atomic mass is 10.1. The van der Waals surface area contributed by atoms with Crippen LogP contribution in [0.15, 0.2) is 0 Å². The van der Waals surface area contributed by atoms with Crippen LogP contribution in [0.3, 0.4) is 0 Å². The Hall–Kier alpha value is -1.63. The summed E-state index contributed by atoms with van der Waals surface area (Å²) in [5.41, 5.74) is 5.42. The van der Waals surface area contributed by atoms with Crippen LogP contribution in [0.4, 0.5) is 5.95 Å². The first-order chi connectivity index (χ1) is 8.35. The number of likely N-dealkylation sites (N-methyl/N-ethyl adjacent to an activating group) is 1. The van der Waals surface area contributed by atoms with E-state index in [1.165, 1.54) is 0 Å². The van der Waals surface area contributed by atoms with Gasteiger partial charge in [-0.05, 0) is 34.9 Å². The summed E-state index contributed by atoms with van der Waals surface area (Å²) < 4.78 is 10.7. The molecule has 7 nitrogen and oxygen atoms in total. The van der Waals surface area contributed by atoms with Gasteiger partial charge in [0.05, 0.1) is 6.61 Å². The second-order valence-electron chi connectivity index (χ2n) is 4.69. The van der Waals surface area contributed by atoms with Crippen LogP contribution in [0.5, 0.6) is 12.0 Å². The van der Waals surface area contributed by atoms with E-state index >= 15 is 0 Å². The Morgan fingerprint density at radius 1 is 1.11 bits per heavy atom. The molecule has 102 valence electrons. The Labute approximate surface area is 107 Å². The van der Waals surface area contributed by atoms with Crippen LogP contribution >= 0.6 is 0 Å². The molecule has 0 aliphatic carbocycles. The Balaban J connectivity index is 2.73. The van der Waals surface area contributed by atoms with Crippen molar-refractivity contribution >= 4 is 5.95 Å². The SMILES string of the molecule is CCOc1nc(N)nc(OCC(C)(C)N(C)C)n1. The van der Waals surface area contributed by atoms with Crippen LogP contribution in [-0.4, -0.2) is 52.7 Å². The molecule has 1 heterocycles. The summed E-state index contributed by atoms with van der Waals surface area (Å²) in [4.78, 5) is 13.8. The zero-order valence-corrected chi connectivity index (χ0v) is 11.6. The molecule has 0 fully saturated rings. The molecule has 0 aliphatic heterocycles. The molecule has 0 unspecified atom stereocenters. The molecule has 0 bridgehead atoms. The molecule has 0 spiro atoms. The van der Waals surface area contributed by atoms with E-state index in [4.69, 9.17) is 15.2 Å². The number of hydrogen-bond acceptors (Lipinski definition) is 7. The van der Waals surface area contributed by atoms with Crippen molar-refractivity contribution in [2.45, 2.75) is 26.3 Å². The first kappa shape index (κ1) is 14.4. The van der Waals surface area contributed by atoms with Gasteiger partial charge >= 0.3 is 12.0 Å². The Morgan fingerprint density at radius 2 is 1.67 bits per heavy atom. The number of hydrogen-bond donors (Lipinski definition) is 1. The molecule has 0 radical (unpaired) electrons. The fourth-order valence-electron chi connectivity index (χ4n) is 0.981. The van der Waals surface area contributed by atoms with E-state index in [0.29, 0.717) is 13.2 Å². The highest BCUT2D eigenvalue weighted by Gasteiger charge is 2.22. The van der Waals surface area contributed by atoms with Crippen molar-refractivity contribution in [3.05, 3.63) is 0 Å². The van der Waals surface area contributed by atoms with E-state index in [-0.39, 0.29) is 23.5 Å². The normalized spacial score (nSPS) is 11.7. The predicted octanol–water partition coefficient (Wildman–Crippen LogP) is 0.571. The van der Waals surface area contributed by atoms with Crippen molar-refractivity contribution in [3.63, 3.8) is 0 Å². The van der Waals surface area contributed by atoms with E-state index < -0.39 is 0 Å². The van der Waals surface area contributed by atoms with Crippen molar-refractivity contribution in [2.75, 3.05) is 33.0 Å². The zero-order valence-electron chi connectivity index (χ0n) is 11.6. The standard InChI is InChI=1S/C11H21N5O2/c1-6-17-9-13-8(12)14-10(15-9)18-7-11(2,3)16(4)5/h6-7H2,1-5H3,(H2,12,13,14,15). The fraction of sp³-hybridized carbons (Fsp3) is 0.727. The van der Waals surface area contributed by atoms with Crippen LogP contribution in [-0.2, 0) is 0 Å². The van der Waals surface area contributed by atoms with Gasteiger partial charge in [-0.2, -0.15) is 9.97 Å². The number of nitrogens with two attached hydrogens (primary N) is 1. The second kappa shape index (κ2) is 5.81. The molecular weight excluding hydrogens is 234 g/mol. The van der Waals surface area contributed by atoms with Gasteiger partial charge in [-0.1, -0.05) is 0 Å². The van der Waals surface area contributed by atoms with Gasteiger partial charge in [-0.3, -0.25) is 0 Å². The minimum absolute atomic E-state index is 0.0890. The van der Waals surface area contributed by atoms with Crippen molar-refractivity contribution in [2.24, 2.45) is 0 Å². The van der Waals surface area contributed by atoms with Crippen molar-refractivity contribution < 1.29 is 9.47 Å². The molecule has 0 saturated carbocycles. The number of rotatable bonds is 6. The molecule has 0 saturated heterocycles. The van der Waals surface area contributed by atoms with Gasteiger partial charge in [0.2, 0.25) is 5.95 Å². The van der Waals surface area contributed by atoms with Gasteiger partial charge in [0.25, 0.3) is 0 Å².